The van der Waals surface area contributed by atoms with Crippen LogP contribution in [0.25, 0.3) is 11.0 Å². The minimum atomic E-state index is -0.00475. The second kappa shape index (κ2) is 6.75. The van der Waals surface area contributed by atoms with Crippen LogP contribution in [0.3, 0.4) is 0 Å². The summed E-state index contributed by atoms with van der Waals surface area (Å²) in [6, 6.07) is 6.08. The zero-order valence-corrected chi connectivity index (χ0v) is 14.1. The predicted octanol–water partition coefficient (Wildman–Crippen LogP) is 3.12. The van der Waals surface area contributed by atoms with Gasteiger partial charge in [0, 0.05) is 30.9 Å². The number of pyridine rings is 1. The highest BCUT2D eigenvalue weighted by Crippen LogP contribution is 2.24. The molecule has 1 unspecified atom stereocenters. The zero-order chi connectivity index (χ0) is 16.4. The molecule has 0 spiro atoms. The van der Waals surface area contributed by atoms with Gasteiger partial charge < -0.3 is 15.0 Å². The van der Waals surface area contributed by atoms with E-state index in [0.717, 1.165) is 47.3 Å². The highest BCUT2D eigenvalue weighted by molar-refractivity contribution is 7.12. The van der Waals surface area contributed by atoms with Crippen molar-refractivity contribution in [1.29, 1.82) is 0 Å². The first-order chi connectivity index (χ1) is 11.8. The van der Waals surface area contributed by atoms with Crippen LogP contribution in [0.1, 0.15) is 33.6 Å². The molecule has 0 bridgehead atoms. The highest BCUT2D eigenvalue weighted by atomic mass is 32.1. The molecule has 2 N–H and O–H groups in total. The topological polar surface area (TPSA) is 67.0 Å². The third-order valence-electron chi connectivity index (χ3n) is 4.40. The van der Waals surface area contributed by atoms with Crippen LogP contribution in [0, 0.1) is 0 Å². The smallest absolute Gasteiger partial charge is 0.261 e. The summed E-state index contributed by atoms with van der Waals surface area (Å²) in [6.07, 6.45) is 6.70. The van der Waals surface area contributed by atoms with Gasteiger partial charge in [0.05, 0.1) is 11.0 Å². The van der Waals surface area contributed by atoms with Crippen LogP contribution in [0.5, 0.6) is 0 Å². The van der Waals surface area contributed by atoms with Crippen LogP contribution in [0.4, 0.5) is 0 Å². The largest absolute Gasteiger partial charge is 0.376 e. The van der Waals surface area contributed by atoms with Gasteiger partial charge in [-0.05, 0) is 54.0 Å². The maximum absolute atomic E-state index is 12.5. The number of aromatic nitrogens is 2. The number of carbonyl (C=O) groups excluding carboxylic acids is 1. The van der Waals surface area contributed by atoms with E-state index in [9.17, 15) is 4.79 Å². The maximum Gasteiger partial charge on any atom is 0.261 e. The van der Waals surface area contributed by atoms with Crippen molar-refractivity contribution >= 4 is 28.3 Å². The number of fused-ring (bicyclic) bond motifs is 1. The minimum absolute atomic E-state index is 0.00475. The van der Waals surface area contributed by atoms with Crippen molar-refractivity contribution in [2.75, 3.05) is 13.2 Å². The van der Waals surface area contributed by atoms with E-state index in [1.807, 2.05) is 29.8 Å². The predicted molar refractivity (Wildman–Crippen MR) is 94.5 cm³/mol. The van der Waals surface area contributed by atoms with Crippen molar-refractivity contribution in [3.8, 4) is 0 Å². The van der Waals surface area contributed by atoms with Gasteiger partial charge >= 0.3 is 0 Å². The van der Waals surface area contributed by atoms with Gasteiger partial charge in [0.1, 0.15) is 5.65 Å². The second-order valence-electron chi connectivity index (χ2n) is 6.01. The van der Waals surface area contributed by atoms with Crippen LogP contribution >= 0.6 is 11.3 Å². The van der Waals surface area contributed by atoms with Crippen LogP contribution < -0.4 is 5.32 Å². The van der Waals surface area contributed by atoms with Crippen molar-refractivity contribution in [1.82, 2.24) is 15.3 Å². The molecular weight excluding hydrogens is 322 g/mol. The lowest BCUT2D eigenvalue weighted by atomic mass is 10.0. The Balaban J connectivity index is 1.49. The van der Waals surface area contributed by atoms with E-state index in [1.165, 1.54) is 16.9 Å². The lowest BCUT2D eigenvalue weighted by molar-refractivity contribution is 0.0860. The molecule has 24 heavy (non-hydrogen) atoms. The first-order valence-corrected chi connectivity index (χ1v) is 9.06. The highest BCUT2D eigenvalue weighted by Gasteiger charge is 2.19. The Labute approximate surface area is 144 Å². The van der Waals surface area contributed by atoms with Gasteiger partial charge in [-0.1, -0.05) is 0 Å². The van der Waals surface area contributed by atoms with Crippen LogP contribution in [0.2, 0.25) is 0 Å². The standard InChI is InChI=1S/C18H19N3O2S/c22-18(21-11-14-2-1-8-23-14)16-13(5-9-24-16)10-12-3-6-19-17-15(12)4-7-20-17/h3-7,9,14H,1-2,8,10-11H2,(H,19,20)(H,21,22). The molecule has 124 valence electrons. The summed E-state index contributed by atoms with van der Waals surface area (Å²) < 4.78 is 5.56. The Bertz CT molecular complexity index is 849. The average Bonchev–Trinajstić information content (AvgIpc) is 3.34. The fourth-order valence-electron chi connectivity index (χ4n) is 3.14. The van der Waals surface area contributed by atoms with E-state index < -0.39 is 0 Å². The Hall–Kier alpha value is -2.18. The summed E-state index contributed by atoms with van der Waals surface area (Å²) >= 11 is 1.49. The molecule has 4 heterocycles. The summed E-state index contributed by atoms with van der Waals surface area (Å²) in [5.74, 6) is -0.00475. The number of nitrogens with zero attached hydrogens (tertiary/aromatic N) is 1. The molecule has 1 atom stereocenters. The van der Waals surface area contributed by atoms with E-state index in [1.54, 1.807) is 6.20 Å². The molecule has 1 saturated heterocycles. The van der Waals surface area contributed by atoms with Gasteiger partial charge in [-0.2, -0.15) is 0 Å². The van der Waals surface area contributed by atoms with Crippen LogP contribution in [-0.4, -0.2) is 35.1 Å². The fraction of sp³-hybridized carbons (Fsp3) is 0.333. The lowest BCUT2D eigenvalue weighted by Crippen LogP contribution is -2.31. The molecule has 1 aliphatic heterocycles. The normalized spacial score (nSPS) is 17.4. The number of nitrogens with one attached hydrogen (secondary N) is 2. The van der Waals surface area contributed by atoms with Gasteiger partial charge in [-0.3, -0.25) is 4.79 Å². The van der Waals surface area contributed by atoms with Gasteiger partial charge in [0.15, 0.2) is 0 Å². The Morgan fingerprint density at radius 2 is 2.33 bits per heavy atom. The number of ether oxygens (including phenoxy) is 1. The number of thiophene rings is 1. The summed E-state index contributed by atoms with van der Waals surface area (Å²) in [7, 11) is 0. The van der Waals surface area contributed by atoms with E-state index in [0.29, 0.717) is 6.54 Å². The lowest BCUT2D eigenvalue weighted by Gasteiger charge is -2.11. The van der Waals surface area contributed by atoms with Gasteiger partial charge in [-0.15, -0.1) is 11.3 Å². The number of amides is 1. The SMILES string of the molecule is O=C(NCC1CCCO1)c1sccc1Cc1ccnc2[nH]ccc12. The number of hydrogen-bond acceptors (Lipinski definition) is 4. The van der Waals surface area contributed by atoms with Gasteiger partial charge in [-0.25, -0.2) is 4.98 Å². The Kier molecular flexibility index (Phi) is 4.32. The Morgan fingerprint density at radius 1 is 1.38 bits per heavy atom. The molecule has 0 aliphatic carbocycles. The molecule has 3 aromatic heterocycles. The number of aromatic amines is 1. The first kappa shape index (κ1) is 15.4. The molecule has 0 radical (unpaired) electrons. The number of rotatable bonds is 5. The molecule has 1 fully saturated rings. The zero-order valence-electron chi connectivity index (χ0n) is 13.2. The maximum atomic E-state index is 12.5. The van der Waals surface area contributed by atoms with Crippen LogP contribution in [-0.2, 0) is 11.2 Å². The van der Waals surface area contributed by atoms with E-state index in [2.05, 4.69) is 15.3 Å². The van der Waals surface area contributed by atoms with Crippen molar-refractivity contribution < 1.29 is 9.53 Å². The molecule has 1 aliphatic rings. The van der Waals surface area contributed by atoms with Crippen molar-refractivity contribution in [2.24, 2.45) is 0 Å². The third-order valence-corrected chi connectivity index (χ3v) is 5.35. The average molecular weight is 341 g/mol. The van der Waals surface area contributed by atoms with Crippen molar-refractivity contribution in [2.45, 2.75) is 25.4 Å². The summed E-state index contributed by atoms with van der Waals surface area (Å²) in [6.45, 7) is 1.40. The van der Waals surface area contributed by atoms with E-state index in [4.69, 9.17) is 4.74 Å². The number of hydrogen-bond donors (Lipinski definition) is 2. The monoisotopic (exact) mass is 341 g/mol. The fourth-order valence-corrected chi connectivity index (χ4v) is 3.98. The molecule has 5 nitrogen and oxygen atoms in total. The molecule has 4 rings (SSSR count). The summed E-state index contributed by atoms with van der Waals surface area (Å²) in [5.41, 5.74) is 3.11. The number of carbonyl (C=O) groups is 1. The quantitative estimate of drug-likeness (QED) is 0.749. The van der Waals surface area contributed by atoms with Crippen molar-refractivity contribution in [3.63, 3.8) is 0 Å². The second-order valence-corrected chi connectivity index (χ2v) is 6.92. The van der Waals surface area contributed by atoms with E-state index >= 15 is 0 Å². The third kappa shape index (κ3) is 3.07. The van der Waals surface area contributed by atoms with E-state index in [-0.39, 0.29) is 12.0 Å². The number of H-pyrrole nitrogens is 1. The van der Waals surface area contributed by atoms with Gasteiger partial charge in [0.25, 0.3) is 5.91 Å². The Morgan fingerprint density at radius 3 is 3.21 bits per heavy atom. The molecular formula is C18H19N3O2S. The molecule has 3 aromatic rings. The molecule has 0 aromatic carbocycles. The summed E-state index contributed by atoms with van der Waals surface area (Å²) in [4.78, 5) is 20.7. The minimum Gasteiger partial charge on any atom is -0.376 e. The van der Waals surface area contributed by atoms with Gasteiger partial charge in [0.2, 0.25) is 0 Å². The molecule has 1 amide bonds. The van der Waals surface area contributed by atoms with Crippen molar-refractivity contribution in [3.05, 3.63) is 52.0 Å². The molecule has 6 heteroatoms. The van der Waals surface area contributed by atoms with Crippen LogP contribution in [0.15, 0.2) is 36.0 Å². The summed E-state index contributed by atoms with van der Waals surface area (Å²) in [5, 5.41) is 6.10. The molecule has 0 saturated carbocycles. The first-order valence-electron chi connectivity index (χ1n) is 8.18.